The van der Waals surface area contributed by atoms with E-state index < -0.39 is 6.10 Å². The molecule has 4 nitrogen and oxygen atoms in total. The summed E-state index contributed by atoms with van der Waals surface area (Å²) < 4.78 is 4.27. The highest BCUT2D eigenvalue weighted by Crippen LogP contribution is 1.87. The second-order valence-electron chi connectivity index (χ2n) is 2.30. The molecule has 0 aromatic heterocycles. The molecule has 4 heteroatoms. The highest BCUT2D eigenvalue weighted by atomic mass is 16.5. The van der Waals surface area contributed by atoms with E-state index in [0.717, 1.165) is 0 Å². The minimum absolute atomic E-state index is 0.139. The van der Waals surface area contributed by atoms with Crippen molar-refractivity contribution in [3.63, 3.8) is 0 Å². The van der Waals surface area contributed by atoms with Gasteiger partial charge in [0.1, 0.15) is 0 Å². The van der Waals surface area contributed by atoms with Crippen LogP contribution in [0.3, 0.4) is 0 Å². The number of hydrogen-bond acceptors (Lipinski definition) is 4. The van der Waals surface area contributed by atoms with Crippen molar-refractivity contribution in [3.05, 3.63) is 12.2 Å². The lowest BCUT2D eigenvalue weighted by Crippen LogP contribution is -2.03. The van der Waals surface area contributed by atoms with E-state index >= 15 is 0 Å². The molecule has 12 heavy (non-hydrogen) atoms. The zero-order valence-electron chi connectivity index (χ0n) is 7.70. The first-order valence-electron chi connectivity index (χ1n) is 3.48. The van der Waals surface area contributed by atoms with Gasteiger partial charge in [-0.25, -0.2) is 4.79 Å². The van der Waals surface area contributed by atoms with Crippen LogP contribution in [0.4, 0.5) is 0 Å². The Labute approximate surface area is 72.5 Å². The van der Waals surface area contributed by atoms with E-state index in [1.165, 1.54) is 14.0 Å². The van der Waals surface area contributed by atoms with E-state index in [-0.39, 0.29) is 12.6 Å². The SMILES string of the molecule is C=C(C)C(=O)OC.CC(O)CO. The zero-order valence-corrected chi connectivity index (χ0v) is 7.70. The summed E-state index contributed by atoms with van der Waals surface area (Å²) in [7, 11) is 1.33. The molecule has 0 aliphatic rings. The Morgan fingerprint density at radius 3 is 2.00 bits per heavy atom. The Morgan fingerprint density at radius 2 is 2.00 bits per heavy atom. The molecule has 0 spiro atoms. The number of ether oxygens (including phenoxy) is 1. The molecule has 0 amide bonds. The molecule has 1 unspecified atom stereocenters. The maximum absolute atomic E-state index is 10.2. The molecule has 72 valence electrons. The third kappa shape index (κ3) is 11.9. The van der Waals surface area contributed by atoms with E-state index in [0.29, 0.717) is 5.57 Å². The lowest BCUT2D eigenvalue weighted by atomic mass is 10.4. The van der Waals surface area contributed by atoms with Gasteiger partial charge in [0.25, 0.3) is 0 Å². The second kappa shape index (κ2) is 8.23. The van der Waals surface area contributed by atoms with Crippen LogP contribution < -0.4 is 0 Å². The molecule has 1 atom stereocenters. The molecule has 0 aromatic carbocycles. The van der Waals surface area contributed by atoms with Gasteiger partial charge < -0.3 is 14.9 Å². The Balaban J connectivity index is 0. The molecule has 0 rings (SSSR count). The van der Waals surface area contributed by atoms with Gasteiger partial charge in [-0.2, -0.15) is 0 Å². The maximum Gasteiger partial charge on any atom is 0.332 e. The Hall–Kier alpha value is -0.870. The normalized spacial score (nSPS) is 10.8. The van der Waals surface area contributed by atoms with Crippen molar-refractivity contribution >= 4 is 5.97 Å². The van der Waals surface area contributed by atoms with Crippen LogP contribution in [0.1, 0.15) is 13.8 Å². The molecule has 0 aromatic rings. The summed E-state index contributed by atoms with van der Waals surface area (Å²) in [5.74, 6) is -0.347. The summed E-state index contributed by atoms with van der Waals surface area (Å²) in [6.45, 7) is 6.34. The molecular weight excluding hydrogens is 160 g/mol. The largest absolute Gasteiger partial charge is 0.466 e. The summed E-state index contributed by atoms with van der Waals surface area (Å²) >= 11 is 0. The fourth-order valence-corrected chi connectivity index (χ4v) is 0.174. The van der Waals surface area contributed by atoms with Crippen molar-refractivity contribution in [2.24, 2.45) is 0 Å². The van der Waals surface area contributed by atoms with Gasteiger partial charge in [0.15, 0.2) is 0 Å². The van der Waals surface area contributed by atoms with Crippen LogP contribution in [0, 0.1) is 0 Å². The quantitative estimate of drug-likeness (QED) is 0.462. The topological polar surface area (TPSA) is 66.8 Å². The fourth-order valence-electron chi connectivity index (χ4n) is 0.174. The zero-order chi connectivity index (χ0) is 10.1. The summed E-state index contributed by atoms with van der Waals surface area (Å²) in [4.78, 5) is 10.2. The van der Waals surface area contributed by atoms with E-state index in [9.17, 15) is 4.79 Å². The Morgan fingerprint density at radius 1 is 1.67 bits per heavy atom. The molecule has 0 saturated carbocycles. The van der Waals surface area contributed by atoms with Gasteiger partial charge in [-0.15, -0.1) is 0 Å². The third-order valence-corrected chi connectivity index (χ3v) is 0.798. The Bertz CT molecular complexity index is 140. The van der Waals surface area contributed by atoms with Crippen LogP contribution in [0.5, 0.6) is 0 Å². The van der Waals surface area contributed by atoms with Gasteiger partial charge in [0.05, 0.1) is 19.8 Å². The van der Waals surface area contributed by atoms with Crippen molar-refractivity contribution in [1.29, 1.82) is 0 Å². The molecule has 0 aliphatic carbocycles. The molecule has 0 fully saturated rings. The number of hydrogen-bond donors (Lipinski definition) is 2. The van der Waals surface area contributed by atoms with Crippen LogP contribution in [-0.2, 0) is 9.53 Å². The average Bonchev–Trinajstić information content (AvgIpc) is 2.04. The number of carbonyl (C=O) groups excluding carboxylic acids is 1. The third-order valence-electron chi connectivity index (χ3n) is 0.798. The van der Waals surface area contributed by atoms with Crippen LogP contribution in [0.2, 0.25) is 0 Å². The first-order valence-corrected chi connectivity index (χ1v) is 3.48. The van der Waals surface area contributed by atoms with E-state index in [4.69, 9.17) is 10.2 Å². The molecule has 0 saturated heterocycles. The monoisotopic (exact) mass is 176 g/mol. The lowest BCUT2D eigenvalue weighted by molar-refractivity contribution is -0.136. The maximum atomic E-state index is 10.2. The van der Waals surface area contributed by atoms with E-state index in [1.54, 1.807) is 6.92 Å². The number of aliphatic hydroxyl groups is 2. The first-order chi connectivity index (χ1) is 5.45. The fraction of sp³-hybridized carbons (Fsp3) is 0.625. The molecule has 2 N–H and O–H groups in total. The molecule has 0 bridgehead atoms. The predicted molar refractivity (Wildman–Crippen MR) is 45.6 cm³/mol. The molecular formula is C8H16O4. The van der Waals surface area contributed by atoms with Crippen molar-refractivity contribution in [3.8, 4) is 0 Å². The average molecular weight is 176 g/mol. The van der Waals surface area contributed by atoms with E-state index in [2.05, 4.69) is 11.3 Å². The highest BCUT2D eigenvalue weighted by molar-refractivity contribution is 5.86. The van der Waals surface area contributed by atoms with Crippen molar-refractivity contribution in [2.75, 3.05) is 13.7 Å². The number of rotatable bonds is 2. The summed E-state index contributed by atoms with van der Waals surface area (Å²) in [6.07, 6.45) is -0.560. The van der Waals surface area contributed by atoms with Gasteiger partial charge in [-0.1, -0.05) is 6.58 Å². The van der Waals surface area contributed by atoms with Crippen LogP contribution >= 0.6 is 0 Å². The number of esters is 1. The smallest absolute Gasteiger partial charge is 0.332 e. The van der Waals surface area contributed by atoms with Gasteiger partial charge in [-0.3, -0.25) is 0 Å². The van der Waals surface area contributed by atoms with Crippen molar-refractivity contribution < 1.29 is 19.7 Å². The van der Waals surface area contributed by atoms with Gasteiger partial charge >= 0.3 is 5.97 Å². The van der Waals surface area contributed by atoms with Crippen LogP contribution in [0.15, 0.2) is 12.2 Å². The van der Waals surface area contributed by atoms with E-state index in [1.807, 2.05) is 0 Å². The minimum Gasteiger partial charge on any atom is -0.466 e. The lowest BCUT2D eigenvalue weighted by Gasteiger charge is -1.91. The molecule has 0 radical (unpaired) electrons. The summed E-state index contributed by atoms with van der Waals surface area (Å²) in [6, 6.07) is 0. The summed E-state index contributed by atoms with van der Waals surface area (Å²) in [5, 5.41) is 16.0. The summed E-state index contributed by atoms with van der Waals surface area (Å²) in [5.41, 5.74) is 0.433. The minimum atomic E-state index is -0.560. The van der Waals surface area contributed by atoms with Crippen LogP contribution in [-0.4, -0.2) is 36.0 Å². The van der Waals surface area contributed by atoms with Gasteiger partial charge in [-0.05, 0) is 13.8 Å². The van der Waals surface area contributed by atoms with Crippen molar-refractivity contribution in [1.82, 2.24) is 0 Å². The predicted octanol–water partition coefficient (Wildman–Crippen LogP) is 0.0950. The van der Waals surface area contributed by atoms with Crippen LogP contribution in [0.25, 0.3) is 0 Å². The standard InChI is InChI=1S/C5H8O2.C3H8O2/c1-4(2)5(6)7-3;1-3(5)2-4/h1H2,2-3H3;3-5H,2H2,1H3. The molecule has 0 aliphatic heterocycles. The highest BCUT2D eigenvalue weighted by Gasteiger charge is 1.95. The van der Waals surface area contributed by atoms with Crippen molar-refractivity contribution in [2.45, 2.75) is 20.0 Å². The second-order valence-corrected chi connectivity index (χ2v) is 2.30. The number of methoxy groups -OCH3 is 1. The molecule has 0 heterocycles. The number of carbonyl (C=O) groups is 1. The Kier molecular flexibility index (Phi) is 9.40. The van der Waals surface area contributed by atoms with Gasteiger partial charge in [0, 0.05) is 5.57 Å². The van der Waals surface area contributed by atoms with Gasteiger partial charge in [0.2, 0.25) is 0 Å². The number of aliphatic hydroxyl groups excluding tert-OH is 2. The first kappa shape index (κ1) is 13.7.